The topological polar surface area (TPSA) is 21.3 Å². The average molecular weight is 318 g/mol. The van der Waals surface area contributed by atoms with E-state index in [9.17, 15) is 0 Å². The lowest BCUT2D eigenvalue weighted by Crippen LogP contribution is -2.31. The summed E-state index contributed by atoms with van der Waals surface area (Å²) in [5.74, 6) is 0. The molecule has 0 radical (unpaired) electrons. The molecular formula is C13H20BrNOS. The molecule has 1 aromatic rings. The first kappa shape index (κ1) is 13.5. The Bertz CT molecular complexity index is 360. The minimum Gasteiger partial charge on any atom is -0.376 e. The van der Waals surface area contributed by atoms with E-state index in [2.05, 4.69) is 41.2 Å². The largest absolute Gasteiger partial charge is 0.376 e. The van der Waals surface area contributed by atoms with Crippen LogP contribution in [-0.4, -0.2) is 19.3 Å². The third kappa shape index (κ3) is 3.31. The Hall–Kier alpha value is 0.1000. The summed E-state index contributed by atoms with van der Waals surface area (Å²) in [6.07, 6.45) is 3.86. The molecule has 0 saturated carbocycles. The molecule has 2 unspecified atom stereocenters. The van der Waals surface area contributed by atoms with Gasteiger partial charge < -0.3 is 10.1 Å². The van der Waals surface area contributed by atoms with E-state index in [0.29, 0.717) is 12.1 Å². The third-order valence-electron chi connectivity index (χ3n) is 3.07. The first-order valence-corrected chi connectivity index (χ1v) is 7.94. The fourth-order valence-corrected chi connectivity index (χ4v) is 4.30. The maximum atomic E-state index is 5.85. The summed E-state index contributed by atoms with van der Waals surface area (Å²) in [5.41, 5.74) is 0. The first-order valence-electron chi connectivity index (χ1n) is 6.33. The van der Waals surface area contributed by atoms with Gasteiger partial charge in [0.05, 0.1) is 12.1 Å². The zero-order valence-corrected chi connectivity index (χ0v) is 12.9. The van der Waals surface area contributed by atoms with Gasteiger partial charge in [-0.05, 0) is 54.7 Å². The fourth-order valence-electron chi connectivity index (χ4n) is 2.27. The third-order valence-corrected chi connectivity index (χ3v) is 5.12. The van der Waals surface area contributed by atoms with Gasteiger partial charge in [0.1, 0.15) is 0 Å². The van der Waals surface area contributed by atoms with Crippen LogP contribution in [0.15, 0.2) is 10.5 Å². The highest BCUT2D eigenvalue weighted by atomic mass is 79.9. The number of aryl methyl sites for hydroxylation is 1. The summed E-state index contributed by atoms with van der Waals surface area (Å²) < 4.78 is 7.08. The molecule has 0 aliphatic carbocycles. The number of hydrogen-bond acceptors (Lipinski definition) is 3. The predicted octanol–water partition coefficient (Wildman–Crippen LogP) is 4.04. The smallest absolute Gasteiger partial charge is 0.0779 e. The Balaban J connectivity index is 2.16. The van der Waals surface area contributed by atoms with Gasteiger partial charge in [0.25, 0.3) is 0 Å². The number of hydrogen-bond donors (Lipinski definition) is 1. The summed E-state index contributed by atoms with van der Waals surface area (Å²) in [7, 11) is 0. The van der Waals surface area contributed by atoms with Crippen LogP contribution in [0, 0.1) is 6.92 Å². The van der Waals surface area contributed by atoms with Gasteiger partial charge in [-0.3, -0.25) is 0 Å². The Kier molecular flexibility index (Phi) is 5.03. The average Bonchev–Trinajstić information content (AvgIpc) is 2.90. The van der Waals surface area contributed by atoms with E-state index in [0.717, 1.165) is 19.6 Å². The maximum Gasteiger partial charge on any atom is 0.0779 e. The van der Waals surface area contributed by atoms with Crippen molar-refractivity contribution in [1.82, 2.24) is 5.32 Å². The van der Waals surface area contributed by atoms with Crippen molar-refractivity contribution in [3.05, 3.63) is 20.3 Å². The van der Waals surface area contributed by atoms with Crippen molar-refractivity contribution in [3.8, 4) is 0 Å². The normalized spacial score (nSPS) is 21.9. The lowest BCUT2D eigenvalue weighted by molar-refractivity contribution is 0.0791. The lowest BCUT2D eigenvalue weighted by Gasteiger charge is -2.23. The van der Waals surface area contributed by atoms with Crippen LogP contribution in [0.1, 0.15) is 42.0 Å². The standard InChI is InChI=1S/C13H20BrNOS/c1-3-6-15-12(11-5-4-7-16-11)13-10(14)8-9(2)17-13/h8,11-12,15H,3-7H2,1-2H3. The summed E-state index contributed by atoms with van der Waals surface area (Å²) >= 11 is 5.54. The Labute approximate surface area is 116 Å². The Morgan fingerprint density at radius 2 is 2.47 bits per heavy atom. The minimum absolute atomic E-state index is 0.343. The van der Waals surface area contributed by atoms with Gasteiger partial charge in [0.2, 0.25) is 0 Å². The Morgan fingerprint density at radius 1 is 1.65 bits per heavy atom. The van der Waals surface area contributed by atoms with Crippen molar-refractivity contribution in [1.29, 1.82) is 0 Å². The molecule has 1 aliphatic rings. The monoisotopic (exact) mass is 317 g/mol. The molecule has 1 aromatic heterocycles. The van der Waals surface area contributed by atoms with Gasteiger partial charge in [-0.15, -0.1) is 11.3 Å². The van der Waals surface area contributed by atoms with E-state index in [-0.39, 0.29) is 0 Å². The highest BCUT2D eigenvalue weighted by molar-refractivity contribution is 9.10. The van der Waals surface area contributed by atoms with Crippen molar-refractivity contribution in [2.75, 3.05) is 13.2 Å². The summed E-state index contributed by atoms with van der Waals surface area (Å²) in [6, 6.07) is 2.56. The van der Waals surface area contributed by atoms with Crippen LogP contribution in [-0.2, 0) is 4.74 Å². The fraction of sp³-hybridized carbons (Fsp3) is 0.692. The minimum atomic E-state index is 0.343. The van der Waals surface area contributed by atoms with Crippen LogP contribution in [0.3, 0.4) is 0 Å². The van der Waals surface area contributed by atoms with Crippen molar-refractivity contribution >= 4 is 27.3 Å². The van der Waals surface area contributed by atoms with Crippen LogP contribution < -0.4 is 5.32 Å². The second-order valence-corrected chi connectivity index (χ2v) is 6.69. The molecule has 1 aliphatic heterocycles. The van der Waals surface area contributed by atoms with Crippen molar-refractivity contribution in [2.24, 2.45) is 0 Å². The molecule has 0 bridgehead atoms. The first-order chi connectivity index (χ1) is 8.22. The van der Waals surface area contributed by atoms with Crippen LogP contribution >= 0.6 is 27.3 Å². The summed E-state index contributed by atoms with van der Waals surface area (Å²) in [6.45, 7) is 6.32. The van der Waals surface area contributed by atoms with Crippen LogP contribution in [0.2, 0.25) is 0 Å². The summed E-state index contributed by atoms with van der Waals surface area (Å²) in [4.78, 5) is 2.75. The second-order valence-electron chi connectivity index (χ2n) is 4.55. The molecule has 2 rings (SSSR count). The van der Waals surface area contributed by atoms with Gasteiger partial charge in [-0.1, -0.05) is 6.92 Å². The zero-order chi connectivity index (χ0) is 12.3. The molecule has 2 atom stereocenters. The lowest BCUT2D eigenvalue weighted by atomic mass is 10.1. The SMILES string of the molecule is CCCNC(c1sc(C)cc1Br)C1CCCO1. The number of nitrogens with one attached hydrogen (secondary N) is 1. The quantitative estimate of drug-likeness (QED) is 0.885. The number of halogens is 1. The molecule has 96 valence electrons. The van der Waals surface area contributed by atoms with E-state index in [4.69, 9.17) is 4.74 Å². The molecule has 1 N–H and O–H groups in total. The van der Waals surface area contributed by atoms with Gasteiger partial charge in [-0.2, -0.15) is 0 Å². The van der Waals surface area contributed by atoms with E-state index >= 15 is 0 Å². The molecule has 1 saturated heterocycles. The van der Waals surface area contributed by atoms with E-state index in [1.807, 2.05) is 11.3 Å². The molecule has 1 fully saturated rings. The molecule has 0 spiro atoms. The van der Waals surface area contributed by atoms with Gasteiger partial charge in [0, 0.05) is 20.8 Å². The number of ether oxygens (including phenoxy) is 1. The van der Waals surface area contributed by atoms with Gasteiger partial charge >= 0.3 is 0 Å². The molecule has 2 nitrogen and oxygen atoms in total. The molecule has 17 heavy (non-hydrogen) atoms. The van der Waals surface area contributed by atoms with Crippen LogP contribution in [0.4, 0.5) is 0 Å². The molecule has 4 heteroatoms. The zero-order valence-electron chi connectivity index (χ0n) is 10.5. The predicted molar refractivity (Wildman–Crippen MR) is 76.8 cm³/mol. The van der Waals surface area contributed by atoms with Crippen molar-refractivity contribution in [3.63, 3.8) is 0 Å². The van der Waals surface area contributed by atoms with E-state index in [1.165, 1.54) is 27.1 Å². The number of thiophene rings is 1. The van der Waals surface area contributed by atoms with Crippen molar-refractivity contribution in [2.45, 2.75) is 45.3 Å². The maximum absolute atomic E-state index is 5.85. The van der Waals surface area contributed by atoms with Gasteiger partial charge in [-0.25, -0.2) is 0 Å². The highest BCUT2D eigenvalue weighted by Crippen LogP contribution is 2.37. The Morgan fingerprint density at radius 3 is 3.00 bits per heavy atom. The molecule has 0 amide bonds. The second kappa shape index (κ2) is 6.32. The number of rotatable bonds is 5. The summed E-state index contributed by atoms with van der Waals surface area (Å²) in [5, 5.41) is 3.64. The van der Waals surface area contributed by atoms with E-state index in [1.54, 1.807) is 0 Å². The molecule has 2 heterocycles. The van der Waals surface area contributed by atoms with Crippen molar-refractivity contribution < 1.29 is 4.74 Å². The van der Waals surface area contributed by atoms with E-state index < -0.39 is 0 Å². The van der Waals surface area contributed by atoms with Gasteiger partial charge in [0.15, 0.2) is 0 Å². The van der Waals surface area contributed by atoms with Crippen LogP contribution in [0.5, 0.6) is 0 Å². The molecule has 0 aromatic carbocycles. The molecular weight excluding hydrogens is 298 g/mol. The highest BCUT2D eigenvalue weighted by Gasteiger charge is 2.29. The van der Waals surface area contributed by atoms with Crippen LogP contribution in [0.25, 0.3) is 0 Å².